The number of benzene rings is 8. The van der Waals surface area contributed by atoms with Crippen LogP contribution in [-0.4, -0.2) is 15.0 Å². The summed E-state index contributed by atoms with van der Waals surface area (Å²) in [4.78, 5) is 15.3. The monoisotopic (exact) mass is 689 g/mol. The first-order chi connectivity index (χ1) is 26.8. The second kappa shape index (κ2) is 14.8. The van der Waals surface area contributed by atoms with Crippen LogP contribution in [0.25, 0.3) is 89.8 Å². The molecule has 0 amide bonds. The molecule has 0 saturated heterocycles. The maximum Gasteiger partial charge on any atom is 0.164 e. The lowest BCUT2D eigenvalue weighted by atomic mass is 9.91. The molecule has 0 fully saturated rings. The molecular weight excluding hydrogens is 655 g/mol. The Balaban J connectivity index is 1.14. The van der Waals surface area contributed by atoms with Gasteiger partial charge in [0.05, 0.1) is 0 Å². The normalized spacial score (nSPS) is 11.0. The van der Waals surface area contributed by atoms with E-state index < -0.39 is 0 Å². The third-order valence-electron chi connectivity index (χ3n) is 9.80. The molecule has 0 saturated carbocycles. The molecule has 0 radical (unpaired) electrons. The van der Waals surface area contributed by atoms with Crippen molar-refractivity contribution in [2.45, 2.75) is 0 Å². The van der Waals surface area contributed by atoms with Crippen molar-refractivity contribution in [3.63, 3.8) is 0 Å². The molecule has 0 unspecified atom stereocenters. The molecule has 1 heterocycles. The van der Waals surface area contributed by atoms with Crippen molar-refractivity contribution < 1.29 is 0 Å². The molecule has 9 rings (SSSR count). The first-order valence-electron chi connectivity index (χ1n) is 18.2. The number of nitrogens with zero attached hydrogens (tertiary/aromatic N) is 3. The zero-order chi connectivity index (χ0) is 36.1. The van der Waals surface area contributed by atoms with Crippen molar-refractivity contribution in [3.8, 4) is 89.8 Å². The second-order valence-corrected chi connectivity index (χ2v) is 13.2. The Morgan fingerprint density at radius 1 is 0.185 bits per heavy atom. The lowest BCUT2D eigenvalue weighted by Crippen LogP contribution is -2.01. The van der Waals surface area contributed by atoms with Crippen LogP contribution in [0.4, 0.5) is 0 Å². The SMILES string of the molecule is c1ccc(-c2ccc(-c3nc(-c4ccc(-c5ccc(-c6ccccc6)cc5-c5ccccc5)cc4)nc(-c4ccccc4-c4ccccc4)n3)cc2)cc1. The Hall–Kier alpha value is -7.23. The Bertz CT molecular complexity index is 2660. The van der Waals surface area contributed by atoms with Gasteiger partial charge in [0.2, 0.25) is 0 Å². The van der Waals surface area contributed by atoms with E-state index in [0.29, 0.717) is 17.5 Å². The molecule has 0 N–H and O–H groups in total. The van der Waals surface area contributed by atoms with Crippen LogP contribution >= 0.6 is 0 Å². The molecule has 254 valence electrons. The van der Waals surface area contributed by atoms with E-state index >= 15 is 0 Å². The van der Waals surface area contributed by atoms with Crippen molar-refractivity contribution in [2.75, 3.05) is 0 Å². The van der Waals surface area contributed by atoms with Gasteiger partial charge in [0.1, 0.15) is 0 Å². The maximum atomic E-state index is 5.14. The van der Waals surface area contributed by atoms with E-state index in [1.807, 2.05) is 18.2 Å². The smallest absolute Gasteiger partial charge is 0.164 e. The van der Waals surface area contributed by atoms with Crippen molar-refractivity contribution >= 4 is 0 Å². The topological polar surface area (TPSA) is 38.7 Å². The number of aromatic nitrogens is 3. The molecule has 0 aliphatic heterocycles. The molecular formula is C51H35N3. The van der Waals surface area contributed by atoms with Crippen LogP contribution in [0, 0.1) is 0 Å². The van der Waals surface area contributed by atoms with Crippen LogP contribution in [0.1, 0.15) is 0 Å². The van der Waals surface area contributed by atoms with Gasteiger partial charge in [-0.15, -0.1) is 0 Å². The zero-order valence-corrected chi connectivity index (χ0v) is 29.5. The van der Waals surface area contributed by atoms with Crippen molar-refractivity contribution in [3.05, 3.63) is 212 Å². The van der Waals surface area contributed by atoms with Crippen molar-refractivity contribution in [1.29, 1.82) is 0 Å². The van der Waals surface area contributed by atoms with E-state index in [9.17, 15) is 0 Å². The molecule has 0 spiro atoms. The third kappa shape index (κ3) is 6.74. The maximum absolute atomic E-state index is 5.14. The molecule has 3 heteroatoms. The molecule has 8 aromatic carbocycles. The van der Waals surface area contributed by atoms with Gasteiger partial charge in [0.25, 0.3) is 0 Å². The largest absolute Gasteiger partial charge is 0.208 e. The van der Waals surface area contributed by atoms with Gasteiger partial charge in [-0.1, -0.05) is 206 Å². The van der Waals surface area contributed by atoms with Gasteiger partial charge in [-0.05, 0) is 61.7 Å². The van der Waals surface area contributed by atoms with Crippen LogP contribution in [-0.2, 0) is 0 Å². The summed E-state index contributed by atoms with van der Waals surface area (Å²) in [6.45, 7) is 0. The average Bonchev–Trinajstić information content (AvgIpc) is 3.27. The molecule has 0 aliphatic carbocycles. The van der Waals surface area contributed by atoms with Gasteiger partial charge < -0.3 is 0 Å². The first kappa shape index (κ1) is 32.7. The standard InChI is InChI=1S/C51H35N3/c1-5-15-36(16-6-1)38-25-29-42(30-26-38)49-52-50(54-51(53-49)47-24-14-13-23-45(47)39-19-9-3-10-20-39)43-31-27-41(28-32-43)46-34-33-44(37-17-7-2-8-18-37)35-48(46)40-21-11-4-12-22-40/h1-35H. The summed E-state index contributed by atoms with van der Waals surface area (Å²) in [5, 5.41) is 0. The van der Waals surface area contributed by atoms with E-state index in [1.165, 1.54) is 33.4 Å². The Labute approximate surface area is 316 Å². The summed E-state index contributed by atoms with van der Waals surface area (Å²) in [5.41, 5.74) is 14.3. The van der Waals surface area contributed by atoms with Gasteiger partial charge in [-0.3, -0.25) is 0 Å². The molecule has 9 aromatic rings. The van der Waals surface area contributed by atoms with Crippen molar-refractivity contribution in [1.82, 2.24) is 15.0 Å². The highest BCUT2D eigenvalue weighted by Gasteiger charge is 2.17. The average molecular weight is 690 g/mol. The Morgan fingerprint density at radius 2 is 0.500 bits per heavy atom. The van der Waals surface area contributed by atoms with E-state index in [-0.39, 0.29) is 0 Å². The third-order valence-corrected chi connectivity index (χ3v) is 9.80. The van der Waals surface area contributed by atoms with E-state index in [2.05, 4.69) is 194 Å². The van der Waals surface area contributed by atoms with E-state index in [0.717, 1.165) is 38.9 Å². The van der Waals surface area contributed by atoms with Gasteiger partial charge in [0, 0.05) is 16.7 Å². The van der Waals surface area contributed by atoms with Gasteiger partial charge >= 0.3 is 0 Å². The quantitative estimate of drug-likeness (QED) is 0.159. The second-order valence-electron chi connectivity index (χ2n) is 13.2. The summed E-state index contributed by atoms with van der Waals surface area (Å²) >= 11 is 0. The highest BCUT2D eigenvalue weighted by atomic mass is 15.0. The molecule has 3 nitrogen and oxygen atoms in total. The van der Waals surface area contributed by atoms with Gasteiger partial charge in [0.15, 0.2) is 17.5 Å². The minimum atomic E-state index is 0.624. The molecule has 0 bridgehead atoms. The zero-order valence-electron chi connectivity index (χ0n) is 29.5. The van der Waals surface area contributed by atoms with Crippen LogP contribution in [0.2, 0.25) is 0 Å². The molecule has 54 heavy (non-hydrogen) atoms. The lowest BCUT2D eigenvalue weighted by molar-refractivity contribution is 1.07. The summed E-state index contributed by atoms with van der Waals surface area (Å²) in [7, 11) is 0. The summed E-state index contributed by atoms with van der Waals surface area (Å²) in [6, 6.07) is 74.1. The number of rotatable bonds is 8. The minimum absolute atomic E-state index is 0.624. The Morgan fingerprint density at radius 3 is 1.04 bits per heavy atom. The molecule has 1 aromatic heterocycles. The minimum Gasteiger partial charge on any atom is -0.208 e. The predicted octanol–water partition coefficient (Wildman–Crippen LogP) is 13.2. The fraction of sp³-hybridized carbons (Fsp3) is 0. The summed E-state index contributed by atoms with van der Waals surface area (Å²) < 4.78 is 0. The van der Waals surface area contributed by atoms with E-state index in [4.69, 9.17) is 15.0 Å². The number of hydrogen-bond acceptors (Lipinski definition) is 3. The van der Waals surface area contributed by atoms with Crippen molar-refractivity contribution in [2.24, 2.45) is 0 Å². The van der Waals surface area contributed by atoms with Crippen LogP contribution < -0.4 is 0 Å². The highest BCUT2D eigenvalue weighted by molar-refractivity contribution is 5.88. The van der Waals surface area contributed by atoms with E-state index in [1.54, 1.807) is 0 Å². The summed E-state index contributed by atoms with van der Waals surface area (Å²) in [5.74, 6) is 1.89. The van der Waals surface area contributed by atoms with Gasteiger partial charge in [-0.2, -0.15) is 0 Å². The lowest BCUT2D eigenvalue weighted by Gasteiger charge is -2.14. The van der Waals surface area contributed by atoms with Crippen LogP contribution in [0.3, 0.4) is 0 Å². The van der Waals surface area contributed by atoms with Crippen LogP contribution in [0.5, 0.6) is 0 Å². The first-order valence-corrected chi connectivity index (χ1v) is 18.2. The van der Waals surface area contributed by atoms with Crippen LogP contribution in [0.15, 0.2) is 212 Å². The fourth-order valence-corrected chi connectivity index (χ4v) is 7.01. The Kier molecular flexibility index (Phi) is 8.94. The number of hydrogen-bond donors (Lipinski definition) is 0. The highest BCUT2D eigenvalue weighted by Crippen LogP contribution is 2.37. The molecule has 0 atom stereocenters. The summed E-state index contributed by atoms with van der Waals surface area (Å²) in [6.07, 6.45) is 0. The fourth-order valence-electron chi connectivity index (χ4n) is 7.01. The predicted molar refractivity (Wildman–Crippen MR) is 223 cm³/mol. The molecule has 0 aliphatic rings. The van der Waals surface area contributed by atoms with Gasteiger partial charge in [-0.25, -0.2) is 15.0 Å².